The fraction of sp³-hybridized carbons (Fsp3) is 0.400. The van der Waals surface area contributed by atoms with Crippen LogP contribution in [0.15, 0.2) is 12.1 Å². The molecule has 0 spiro atoms. The number of benzene rings is 1. The smallest absolute Gasteiger partial charge is 0.278 e. The molecule has 1 aromatic heterocycles. The van der Waals surface area contributed by atoms with E-state index < -0.39 is 17.5 Å². The van der Waals surface area contributed by atoms with Crippen molar-refractivity contribution in [3.63, 3.8) is 0 Å². The van der Waals surface area contributed by atoms with Crippen LogP contribution in [0.1, 0.15) is 35.1 Å². The minimum atomic E-state index is -0.586. The lowest BCUT2D eigenvalue weighted by Gasteiger charge is -2.30. The summed E-state index contributed by atoms with van der Waals surface area (Å²) < 4.78 is 29.6. The maximum Gasteiger partial charge on any atom is 0.278 e. The minimum absolute atomic E-state index is 0.0412. The number of hydrogen-bond donors (Lipinski definition) is 0. The van der Waals surface area contributed by atoms with Crippen LogP contribution in [0.2, 0.25) is 0 Å². The average Bonchev–Trinajstić information content (AvgIpc) is 2.90. The Hall–Kier alpha value is -2.31. The number of fused-ring (bicyclic) bond motifs is 1. The standard InChI is InChI=1S/C15H16F2N4O/c1-3-21-13(9(2)18-19-21)15(22)20-8-4-5-10-11(16)6-7-12(17)14(10)20/h6-7H,3-5,8H2,1-2H3. The number of carbonyl (C=O) groups is 1. The number of nitrogens with zero attached hydrogens (tertiary/aromatic N) is 4. The van der Waals surface area contributed by atoms with Gasteiger partial charge in [0.15, 0.2) is 0 Å². The molecule has 0 bridgehead atoms. The lowest BCUT2D eigenvalue weighted by Crippen LogP contribution is -2.38. The summed E-state index contributed by atoms with van der Waals surface area (Å²) >= 11 is 0. The molecule has 2 aromatic rings. The fourth-order valence-electron chi connectivity index (χ4n) is 2.86. The highest BCUT2D eigenvalue weighted by Crippen LogP contribution is 2.33. The Morgan fingerprint density at radius 1 is 1.32 bits per heavy atom. The molecule has 0 radical (unpaired) electrons. The second kappa shape index (κ2) is 5.47. The number of halogens is 2. The lowest BCUT2D eigenvalue weighted by atomic mass is 10.00. The Balaban J connectivity index is 2.10. The summed E-state index contributed by atoms with van der Waals surface area (Å²) in [6, 6.07) is 2.16. The summed E-state index contributed by atoms with van der Waals surface area (Å²) in [6.45, 7) is 4.35. The predicted octanol–water partition coefficient (Wildman–Crippen LogP) is 2.48. The summed E-state index contributed by atoms with van der Waals surface area (Å²) in [5, 5.41) is 7.79. The van der Waals surface area contributed by atoms with E-state index in [1.165, 1.54) is 9.58 Å². The molecule has 1 aliphatic heterocycles. The highest BCUT2D eigenvalue weighted by atomic mass is 19.1. The van der Waals surface area contributed by atoms with E-state index in [4.69, 9.17) is 0 Å². The molecular formula is C15H16F2N4O. The molecule has 0 aliphatic carbocycles. The number of hydrogen-bond acceptors (Lipinski definition) is 3. The Bertz CT molecular complexity index is 741. The van der Waals surface area contributed by atoms with Crippen molar-refractivity contribution < 1.29 is 13.6 Å². The van der Waals surface area contributed by atoms with Crippen molar-refractivity contribution in [2.75, 3.05) is 11.4 Å². The Morgan fingerprint density at radius 3 is 2.77 bits per heavy atom. The molecule has 7 heteroatoms. The first-order valence-corrected chi connectivity index (χ1v) is 7.23. The van der Waals surface area contributed by atoms with E-state index in [-0.39, 0.29) is 11.3 Å². The van der Waals surface area contributed by atoms with Gasteiger partial charge in [-0.1, -0.05) is 5.21 Å². The Labute approximate surface area is 126 Å². The quantitative estimate of drug-likeness (QED) is 0.856. The van der Waals surface area contributed by atoms with Gasteiger partial charge in [-0.05, 0) is 38.8 Å². The molecule has 0 saturated carbocycles. The van der Waals surface area contributed by atoms with Gasteiger partial charge in [-0.2, -0.15) is 0 Å². The molecule has 5 nitrogen and oxygen atoms in total. The maximum absolute atomic E-state index is 14.2. The van der Waals surface area contributed by atoms with Crippen LogP contribution in [-0.4, -0.2) is 27.4 Å². The fourth-order valence-corrected chi connectivity index (χ4v) is 2.86. The summed E-state index contributed by atoms with van der Waals surface area (Å²) in [6.07, 6.45) is 1.01. The van der Waals surface area contributed by atoms with E-state index in [0.29, 0.717) is 37.3 Å². The predicted molar refractivity (Wildman–Crippen MR) is 76.8 cm³/mol. The topological polar surface area (TPSA) is 51.0 Å². The molecule has 1 amide bonds. The maximum atomic E-state index is 14.2. The first-order chi connectivity index (χ1) is 10.5. The van der Waals surface area contributed by atoms with E-state index in [1.807, 2.05) is 6.92 Å². The summed E-state index contributed by atoms with van der Waals surface area (Å²) in [5.74, 6) is -1.46. The average molecular weight is 306 g/mol. The van der Waals surface area contributed by atoms with E-state index in [2.05, 4.69) is 10.3 Å². The van der Waals surface area contributed by atoms with Gasteiger partial charge in [-0.3, -0.25) is 4.79 Å². The van der Waals surface area contributed by atoms with Gasteiger partial charge in [-0.25, -0.2) is 13.5 Å². The van der Waals surface area contributed by atoms with E-state index in [1.54, 1.807) is 6.92 Å². The molecule has 3 rings (SSSR count). The van der Waals surface area contributed by atoms with Crippen LogP contribution in [0, 0.1) is 18.6 Å². The van der Waals surface area contributed by atoms with Crippen LogP contribution >= 0.6 is 0 Å². The van der Waals surface area contributed by atoms with E-state index >= 15 is 0 Å². The number of aryl methyl sites for hydroxylation is 2. The Kier molecular flexibility index (Phi) is 3.64. The van der Waals surface area contributed by atoms with Gasteiger partial charge in [0, 0.05) is 18.7 Å². The van der Waals surface area contributed by atoms with Gasteiger partial charge < -0.3 is 4.90 Å². The molecule has 1 aliphatic rings. The summed E-state index contributed by atoms with van der Waals surface area (Å²) in [7, 11) is 0. The van der Waals surface area contributed by atoms with Crippen LogP contribution in [0.4, 0.5) is 14.5 Å². The van der Waals surface area contributed by atoms with Crippen LogP contribution in [0.5, 0.6) is 0 Å². The summed E-state index contributed by atoms with van der Waals surface area (Å²) in [5.41, 5.74) is 1.10. The molecule has 0 fully saturated rings. The minimum Gasteiger partial charge on any atom is -0.304 e. The second-order valence-corrected chi connectivity index (χ2v) is 5.26. The largest absolute Gasteiger partial charge is 0.304 e. The molecule has 22 heavy (non-hydrogen) atoms. The van der Waals surface area contributed by atoms with Gasteiger partial charge >= 0.3 is 0 Å². The number of carbonyl (C=O) groups excluding carboxylic acids is 1. The Morgan fingerprint density at radius 2 is 2.05 bits per heavy atom. The van der Waals surface area contributed by atoms with Gasteiger partial charge in [0.1, 0.15) is 17.3 Å². The number of amides is 1. The van der Waals surface area contributed by atoms with Crippen LogP contribution < -0.4 is 4.90 Å². The van der Waals surface area contributed by atoms with Crippen molar-refractivity contribution in [3.05, 3.63) is 40.7 Å². The normalized spacial score (nSPS) is 14.1. The van der Waals surface area contributed by atoms with Crippen molar-refractivity contribution in [2.24, 2.45) is 0 Å². The molecule has 1 aromatic carbocycles. The van der Waals surface area contributed by atoms with Gasteiger partial charge in [0.05, 0.1) is 11.4 Å². The number of anilines is 1. The molecule has 0 atom stereocenters. The van der Waals surface area contributed by atoms with Crippen LogP contribution in [0.3, 0.4) is 0 Å². The van der Waals surface area contributed by atoms with Gasteiger partial charge in [0.25, 0.3) is 5.91 Å². The first kappa shape index (κ1) is 14.6. The monoisotopic (exact) mass is 306 g/mol. The molecule has 116 valence electrons. The highest BCUT2D eigenvalue weighted by Gasteiger charge is 2.31. The van der Waals surface area contributed by atoms with Crippen LogP contribution in [0.25, 0.3) is 0 Å². The molecule has 0 N–H and O–H groups in total. The third kappa shape index (κ3) is 2.17. The van der Waals surface area contributed by atoms with Crippen molar-refractivity contribution in [1.82, 2.24) is 15.0 Å². The zero-order chi connectivity index (χ0) is 15.9. The third-order valence-electron chi connectivity index (χ3n) is 3.91. The van der Waals surface area contributed by atoms with E-state index in [9.17, 15) is 13.6 Å². The van der Waals surface area contributed by atoms with Crippen molar-refractivity contribution in [1.29, 1.82) is 0 Å². The third-order valence-corrected chi connectivity index (χ3v) is 3.91. The molecule has 2 heterocycles. The van der Waals surface area contributed by atoms with Crippen molar-refractivity contribution >= 4 is 11.6 Å². The van der Waals surface area contributed by atoms with Crippen molar-refractivity contribution in [3.8, 4) is 0 Å². The SMILES string of the molecule is CCn1nnc(C)c1C(=O)N1CCCc2c(F)ccc(F)c21. The highest BCUT2D eigenvalue weighted by molar-refractivity contribution is 6.06. The van der Waals surface area contributed by atoms with Gasteiger partial charge in [-0.15, -0.1) is 5.10 Å². The molecular weight excluding hydrogens is 290 g/mol. The van der Waals surface area contributed by atoms with Crippen LogP contribution in [-0.2, 0) is 13.0 Å². The van der Waals surface area contributed by atoms with E-state index in [0.717, 1.165) is 12.1 Å². The summed E-state index contributed by atoms with van der Waals surface area (Å²) in [4.78, 5) is 14.1. The van der Waals surface area contributed by atoms with Gasteiger partial charge in [0.2, 0.25) is 0 Å². The molecule has 0 unspecified atom stereocenters. The molecule has 0 saturated heterocycles. The lowest BCUT2D eigenvalue weighted by molar-refractivity contribution is 0.0973. The first-order valence-electron chi connectivity index (χ1n) is 7.23. The zero-order valence-electron chi connectivity index (χ0n) is 12.4. The second-order valence-electron chi connectivity index (χ2n) is 5.26. The number of rotatable bonds is 2. The number of aromatic nitrogens is 3. The van der Waals surface area contributed by atoms with Crippen molar-refractivity contribution in [2.45, 2.75) is 33.2 Å². The zero-order valence-corrected chi connectivity index (χ0v) is 12.4.